The molecule has 1 rings (SSSR count). The highest BCUT2D eigenvalue weighted by Crippen LogP contribution is 2.14. The van der Waals surface area contributed by atoms with Crippen LogP contribution in [-0.4, -0.2) is 32.8 Å². The van der Waals surface area contributed by atoms with Crippen molar-refractivity contribution < 1.29 is 9.90 Å². The van der Waals surface area contributed by atoms with E-state index in [-0.39, 0.29) is 16.1 Å². The van der Waals surface area contributed by atoms with Crippen LogP contribution in [0.25, 0.3) is 0 Å². The Hall–Kier alpha value is -0.860. The zero-order valence-electron chi connectivity index (χ0n) is 9.82. The van der Waals surface area contributed by atoms with E-state index in [0.29, 0.717) is 11.7 Å². The Morgan fingerprint density at radius 3 is 2.68 bits per heavy atom. The normalized spacial score (nSPS) is 11.5. The molecule has 0 fully saturated rings. The van der Waals surface area contributed by atoms with Gasteiger partial charge in [0, 0.05) is 16.7 Å². The summed E-state index contributed by atoms with van der Waals surface area (Å²) in [5.74, 6) is -0.543. The van der Waals surface area contributed by atoms with Crippen LogP contribution in [0, 0.1) is 0 Å². The fourth-order valence-electron chi connectivity index (χ4n) is 1.15. The number of hydrogen-bond acceptors (Lipinski definition) is 3. The van der Waals surface area contributed by atoms with Gasteiger partial charge in [-0.1, -0.05) is 44.0 Å². The van der Waals surface area contributed by atoms with Crippen LogP contribution in [0.3, 0.4) is 0 Å². The molecule has 1 atom stereocenters. The molecule has 0 aromatic heterocycles. The van der Waals surface area contributed by atoms with Gasteiger partial charge in [-0.2, -0.15) is 0 Å². The van der Waals surface area contributed by atoms with Crippen molar-refractivity contribution in [2.75, 3.05) is 11.9 Å². The molecule has 0 unspecified atom stereocenters. The van der Waals surface area contributed by atoms with Crippen molar-refractivity contribution in [2.45, 2.75) is 4.83 Å². The van der Waals surface area contributed by atoms with E-state index in [9.17, 15) is 9.90 Å². The topological polar surface area (TPSA) is 73.4 Å². The molecule has 8 heteroatoms. The molecule has 0 spiro atoms. The Labute approximate surface area is 133 Å². The van der Waals surface area contributed by atoms with Crippen molar-refractivity contribution in [2.24, 2.45) is 0 Å². The van der Waals surface area contributed by atoms with Crippen LogP contribution in [0.15, 0.2) is 24.3 Å². The lowest BCUT2D eigenvalue weighted by Crippen LogP contribution is -2.48. The van der Waals surface area contributed by atoms with Crippen molar-refractivity contribution in [3.63, 3.8) is 0 Å². The van der Waals surface area contributed by atoms with Crippen molar-refractivity contribution in [3.05, 3.63) is 29.8 Å². The molecule has 0 saturated carbocycles. The summed E-state index contributed by atoms with van der Waals surface area (Å²) >= 11 is 11.7. The lowest BCUT2D eigenvalue weighted by molar-refractivity contribution is 0.0941. The maximum Gasteiger partial charge on any atom is 0.273 e. The largest absolute Gasteiger partial charge is 0.507 e. The predicted molar refractivity (Wildman–Crippen MR) is 85.8 cm³/mol. The molecule has 0 aliphatic rings. The molecule has 0 heterocycles. The van der Waals surface area contributed by atoms with Gasteiger partial charge in [-0.05, 0) is 24.4 Å². The number of carbonyl (C=O) groups is 1. The number of halogens is 2. The molecule has 0 aliphatic carbocycles. The summed E-state index contributed by atoms with van der Waals surface area (Å²) < 4.78 is 0. The fraction of sp³-hybridized carbons (Fsp3) is 0.273. The average molecular weight is 411 g/mol. The van der Waals surface area contributed by atoms with E-state index in [2.05, 4.69) is 48.0 Å². The molecule has 4 N–H and O–H groups in total. The van der Waals surface area contributed by atoms with Gasteiger partial charge in [-0.15, -0.1) is 0 Å². The van der Waals surface area contributed by atoms with Gasteiger partial charge in [0.2, 0.25) is 0 Å². The van der Waals surface area contributed by atoms with E-state index in [1.54, 1.807) is 12.1 Å². The standard InChI is InChI=1S/C11H13Br2N3O2S/c12-5-7(13)6-14-11(19)16-15-10(18)8-3-1-2-4-9(8)17/h1-4,7,17H,5-6H2,(H,15,18)(H2,14,16,19)/t7-/m1/s1. The minimum absolute atomic E-state index is 0.0829. The van der Waals surface area contributed by atoms with E-state index in [1.807, 2.05) is 0 Å². The van der Waals surface area contributed by atoms with Gasteiger partial charge >= 0.3 is 0 Å². The number of phenols is 1. The fourth-order valence-corrected chi connectivity index (χ4v) is 1.67. The SMILES string of the molecule is O=C(NNC(=S)NC[C@H](Br)CBr)c1ccccc1O. The Bertz CT molecular complexity index is 459. The molecule has 5 nitrogen and oxygen atoms in total. The number of hydrogen-bond donors (Lipinski definition) is 4. The second-order valence-corrected chi connectivity index (χ2v) is 5.91. The van der Waals surface area contributed by atoms with E-state index < -0.39 is 5.91 Å². The summed E-state index contributed by atoms with van der Waals surface area (Å²) in [6.07, 6.45) is 0. The van der Waals surface area contributed by atoms with Crippen LogP contribution in [0.4, 0.5) is 0 Å². The van der Waals surface area contributed by atoms with Gasteiger partial charge in [-0.3, -0.25) is 15.6 Å². The molecule has 1 amide bonds. The molecule has 0 bridgehead atoms. The zero-order chi connectivity index (χ0) is 14.3. The van der Waals surface area contributed by atoms with Gasteiger partial charge in [0.05, 0.1) is 5.56 Å². The number of hydrazine groups is 1. The smallest absolute Gasteiger partial charge is 0.273 e. The average Bonchev–Trinajstić information content (AvgIpc) is 2.42. The molecular formula is C11H13Br2N3O2S. The number of aromatic hydroxyl groups is 1. The van der Waals surface area contributed by atoms with Crippen LogP contribution >= 0.6 is 44.1 Å². The number of nitrogens with one attached hydrogen (secondary N) is 3. The van der Waals surface area contributed by atoms with Crippen LogP contribution < -0.4 is 16.2 Å². The lowest BCUT2D eigenvalue weighted by Gasteiger charge is -2.13. The van der Waals surface area contributed by atoms with Crippen LogP contribution in [-0.2, 0) is 0 Å². The molecule has 1 aromatic carbocycles. The number of carbonyl (C=O) groups excluding carboxylic acids is 1. The third-order valence-electron chi connectivity index (χ3n) is 2.09. The second-order valence-electron chi connectivity index (χ2n) is 3.56. The zero-order valence-corrected chi connectivity index (χ0v) is 13.8. The van der Waals surface area contributed by atoms with E-state index in [4.69, 9.17) is 12.2 Å². The van der Waals surface area contributed by atoms with E-state index in [1.165, 1.54) is 12.1 Å². The summed E-state index contributed by atoms with van der Waals surface area (Å²) in [6, 6.07) is 6.26. The van der Waals surface area contributed by atoms with Crippen molar-refractivity contribution >= 4 is 55.1 Å². The third-order valence-corrected chi connectivity index (χ3v) is 4.63. The number of amides is 1. The Kier molecular flexibility index (Phi) is 7.11. The Balaban J connectivity index is 2.38. The van der Waals surface area contributed by atoms with Gasteiger partial charge in [-0.25, -0.2) is 0 Å². The van der Waals surface area contributed by atoms with Crippen molar-refractivity contribution in [1.29, 1.82) is 0 Å². The first-order valence-corrected chi connectivity index (χ1v) is 7.81. The lowest BCUT2D eigenvalue weighted by atomic mass is 10.2. The molecule has 104 valence electrons. The molecule has 0 aliphatic heterocycles. The summed E-state index contributed by atoms with van der Waals surface area (Å²) in [6.45, 7) is 0.615. The number of phenolic OH excluding ortho intramolecular Hbond substituents is 1. The molecule has 0 saturated heterocycles. The number of thiocarbonyl (C=S) groups is 1. The molecular weight excluding hydrogens is 398 g/mol. The highest BCUT2D eigenvalue weighted by Gasteiger charge is 2.10. The van der Waals surface area contributed by atoms with Gasteiger partial charge in [0.15, 0.2) is 5.11 Å². The Morgan fingerprint density at radius 2 is 2.05 bits per heavy atom. The third kappa shape index (κ3) is 5.75. The first kappa shape index (κ1) is 16.2. The van der Waals surface area contributed by atoms with Gasteiger partial charge in [0.1, 0.15) is 5.75 Å². The van der Waals surface area contributed by atoms with Crippen molar-refractivity contribution in [1.82, 2.24) is 16.2 Å². The second kappa shape index (κ2) is 8.34. The highest BCUT2D eigenvalue weighted by molar-refractivity contribution is 9.12. The quantitative estimate of drug-likeness (QED) is 0.345. The first-order valence-electron chi connectivity index (χ1n) is 5.36. The summed E-state index contributed by atoms with van der Waals surface area (Å²) in [5, 5.41) is 13.5. The number of alkyl halides is 2. The number of para-hydroxylation sites is 1. The first-order chi connectivity index (χ1) is 9.04. The van der Waals surface area contributed by atoms with Crippen LogP contribution in [0.5, 0.6) is 5.75 Å². The van der Waals surface area contributed by atoms with Crippen molar-refractivity contribution in [3.8, 4) is 5.75 Å². The van der Waals surface area contributed by atoms with Gasteiger partial charge in [0.25, 0.3) is 5.91 Å². The maximum absolute atomic E-state index is 11.7. The monoisotopic (exact) mass is 409 g/mol. The van der Waals surface area contributed by atoms with Crippen LogP contribution in [0.1, 0.15) is 10.4 Å². The maximum atomic E-state index is 11.7. The minimum Gasteiger partial charge on any atom is -0.507 e. The summed E-state index contributed by atoms with van der Waals surface area (Å²) in [5.41, 5.74) is 5.14. The minimum atomic E-state index is -0.460. The summed E-state index contributed by atoms with van der Waals surface area (Å²) in [7, 11) is 0. The summed E-state index contributed by atoms with van der Waals surface area (Å²) in [4.78, 5) is 12.0. The number of benzene rings is 1. The van der Waals surface area contributed by atoms with Crippen LogP contribution in [0.2, 0.25) is 0 Å². The molecule has 19 heavy (non-hydrogen) atoms. The highest BCUT2D eigenvalue weighted by atomic mass is 79.9. The van der Waals surface area contributed by atoms with E-state index >= 15 is 0 Å². The van der Waals surface area contributed by atoms with E-state index in [0.717, 1.165) is 5.33 Å². The van der Waals surface area contributed by atoms with Gasteiger partial charge < -0.3 is 10.4 Å². The number of rotatable bonds is 4. The molecule has 0 radical (unpaired) electrons. The Morgan fingerprint density at radius 1 is 1.37 bits per heavy atom. The molecule has 1 aromatic rings. The predicted octanol–water partition coefficient (Wildman–Crippen LogP) is 1.66.